The summed E-state index contributed by atoms with van der Waals surface area (Å²) in [7, 11) is 0. The van der Waals surface area contributed by atoms with E-state index < -0.39 is 0 Å². The number of carbonyl (C=O) groups is 1. The first-order valence-corrected chi connectivity index (χ1v) is 10.9. The monoisotopic (exact) mass is 415 g/mol. The molecule has 0 aromatic heterocycles. The number of hydrogen-bond acceptors (Lipinski definition) is 3. The van der Waals surface area contributed by atoms with Crippen molar-refractivity contribution in [2.75, 3.05) is 6.54 Å². The lowest BCUT2D eigenvalue weighted by Crippen LogP contribution is -2.22. The molecule has 3 nitrogen and oxygen atoms in total. The molecule has 0 heterocycles. The van der Waals surface area contributed by atoms with Gasteiger partial charge in [-0.2, -0.15) is 0 Å². The Morgan fingerprint density at radius 3 is 1.74 bits per heavy atom. The van der Waals surface area contributed by atoms with Crippen LogP contribution < -0.4 is 0 Å². The maximum Gasteiger partial charge on any atom is 0.338 e. The molecule has 0 unspecified atom stereocenters. The van der Waals surface area contributed by atoms with Crippen molar-refractivity contribution in [1.82, 2.24) is 4.90 Å². The fraction of sp³-hybridized carbons (Fsp3) is 0.321. The van der Waals surface area contributed by atoms with E-state index in [-0.39, 0.29) is 12.6 Å². The third-order valence-electron chi connectivity index (χ3n) is 5.39. The number of esters is 1. The van der Waals surface area contributed by atoms with Crippen LogP contribution in [0.5, 0.6) is 0 Å². The van der Waals surface area contributed by atoms with Crippen molar-refractivity contribution in [2.45, 2.75) is 54.3 Å². The predicted octanol–water partition coefficient (Wildman–Crippen LogP) is 6.30. The highest BCUT2D eigenvalue weighted by Crippen LogP contribution is 2.15. The Hall–Kier alpha value is -2.91. The first-order chi connectivity index (χ1) is 14.8. The van der Waals surface area contributed by atoms with Gasteiger partial charge in [0.25, 0.3) is 0 Å². The third kappa shape index (κ3) is 6.80. The van der Waals surface area contributed by atoms with E-state index in [4.69, 9.17) is 4.74 Å². The van der Waals surface area contributed by atoms with Crippen molar-refractivity contribution in [2.24, 2.45) is 0 Å². The predicted molar refractivity (Wildman–Crippen MR) is 127 cm³/mol. The molecular formula is C28H33NO2. The van der Waals surface area contributed by atoms with Gasteiger partial charge >= 0.3 is 5.97 Å². The van der Waals surface area contributed by atoms with Crippen LogP contribution in [0, 0.1) is 27.7 Å². The fourth-order valence-corrected chi connectivity index (χ4v) is 4.02. The van der Waals surface area contributed by atoms with Gasteiger partial charge in [-0.05, 0) is 63.1 Å². The summed E-state index contributed by atoms with van der Waals surface area (Å²) in [5.41, 5.74) is 8.98. The molecule has 0 radical (unpaired) electrons. The second-order valence-corrected chi connectivity index (χ2v) is 8.57. The maximum absolute atomic E-state index is 12.4. The summed E-state index contributed by atoms with van der Waals surface area (Å²) >= 11 is 0. The lowest BCUT2D eigenvalue weighted by Gasteiger charge is -2.21. The van der Waals surface area contributed by atoms with Crippen molar-refractivity contribution in [3.63, 3.8) is 0 Å². The van der Waals surface area contributed by atoms with E-state index in [0.717, 1.165) is 36.3 Å². The van der Waals surface area contributed by atoms with Gasteiger partial charge in [-0.15, -0.1) is 0 Å². The molecule has 0 saturated carbocycles. The Morgan fingerprint density at radius 1 is 0.710 bits per heavy atom. The summed E-state index contributed by atoms with van der Waals surface area (Å²) in [5.74, 6) is -0.276. The molecule has 0 saturated heterocycles. The number of hydrogen-bond donors (Lipinski definition) is 0. The van der Waals surface area contributed by atoms with Crippen molar-refractivity contribution in [3.05, 3.63) is 105 Å². The second-order valence-electron chi connectivity index (χ2n) is 8.57. The smallest absolute Gasteiger partial charge is 0.338 e. The molecule has 162 valence electrons. The van der Waals surface area contributed by atoms with Crippen LogP contribution in [0.25, 0.3) is 0 Å². The van der Waals surface area contributed by atoms with Crippen LogP contribution in [0.3, 0.4) is 0 Å². The molecule has 0 atom stereocenters. The molecule has 0 fully saturated rings. The van der Waals surface area contributed by atoms with Gasteiger partial charge in [0.1, 0.15) is 6.61 Å². The minimum absolute atomic E-state index is 0.276. The molecule has 3 aromatic rings. The van der Waals surface area contributed by atoms with E-state index in [2.05, 4.69) is 74.2 Å². The zero-order chi connectivity index (χ0) is 22.4. The van der Waals surface area contributed by atoms with E-state index in [1.165, 1.54) is 22.3 Å². The normalized spacial score (nSPS) is 11.0. The summed E-state index contributed by atoms with van der Waals surface area (Å²) in [4.78, 5) is 14.8. The molecule has 0 aliphatic carbocycles. The van der Waals surface area contributed by atoms with E-state index in [0.29, 0.717) is 5.56 Å². The summed E-state index contributed by atoms with van der Waals surface area (Å²) in [6, 6.07) is 20.9. The zero-order valence-corrected chi connectivity index (χ0v) is 19.4. The van der Waals surface area contributed by atoms with Crippen LogP contribution in [0.4, 0.5) is 0 Å². The van der Waals surface area contributed by atoms with Gasteiger partial charge in [-0.25, -0.2) is 4.79 Å². The summed E-state index contributed by atoms with van der Waals surface area (Å²) in [6.45, 7) is 13.6. The van der Waals surface area contributed by atoms with E-state index >= 15 is 0 Å². The molecule has 3 heteroatoms. The highest BCUT2D eigenvalue weighted by Gasteiger charge is 2.10. The van der Waals surface area contributed by atoms with Crippen molar-refractivity contribution >= 4 is 5.97 Å². The molecule has 3 rings (SSSR count). The highest BCUT2D eigenvalue weighted by atomic mass is 16.5. The zero-order valence-electron chi connectivity index (χ0n) is 19.4. The van der Waals surface area contributed by atoms with Crippen molar-refractivity contribution in [1.29, 1.82) is 0 Å². The number of carbonyl (C=O) groups excluding carboxylic acids is 1. The van der Waals surface area contributed by atoms with Gasteiger partial charge in [0.05, 0.1) is 5.56 Å². The van der Waals surface area contributed by atoms with Gasteiger partial charge in [0, 0.05) is 13.1 Å². The van der Waals surface area contributed by atoms with E-state index in [1.807, 2.05) is 26.0 Å². The van der Waals surface area contributed by atoms with Crippen molar-refractivity contribution < 1.29 is 9.53 Å². The van der Waals surface area contributed by atoms with Crippen LogP contribution >= 0.6 is 0 Å². The fourth-order valence-electron chi connectivity index (χ4n) is 4.02. The lowest BCUT2D eigenvalue weighted by molar-refractivity contribution is 0.0472. The molecule has 0 aliphatic heterocycles. The minimum Gasteiger partial charge on any atom is -0.457 e. The third-order valence-corrected chi connectivity index (χ3v) is 5.39. The molecule has 0 bridgehead atoms. The molecule has 3 aromatic carbocycles. The lowest BCUT2D eigenvalue weighted by atomic mass is 10.1. The Labute approximate surface area is 186 Å². The van der Waals surface area contributed by atoms with Crippen LogP contribution in [0.15, 0.2) is 60.7 Å². The quantitative estimate of drug-likeness (QED) is 0.404. The van der Waals surface area contributed by atoms with Crippen LogP contribution in [0.1, 0.15) is 56.2 Å². The number of benzene rings is 3. The van der Waals surface area contributed by atoms with E-state index in [1.54, 1.807) is 0 Å². The van der Waals surface area contributed by atoms with Crippen molar-refractivity contribution in [3.8, 4) is 0 Å². The second kappa shape index (κ2) is 10.4. The molecule has 0 aliphatic rings. The number of ether oxygens (including phenoxy) is 1. The van der Waals surface area contributed by atoms with Crippen LogP contribution in [0.2, 0.25) is 0 Å². The topological polar surface area (TPSA) is 29.5 Å². The molecule has 0 spiro atoms. The van der Waals surface area contributed by atoms with Crippen LogP contribution in [-0.4, -0.2) is 17.4 Å². The molecule has 31 heavy (non-hydrogen) atoms. The van der Waals surface area contributed by atoms with Gasteiger partial charge in [0.15, 0.2) is 0 Å². The molecule has 0 N–H and O–H groups in total. The maximum atomic E-state index is 12.4. The average Bonchev–Trinajstić information content (AvgIpc) is 2.71. The number of aryl methyl sites for hydroxylation is 4. The van der Waals surface area contributed by atoms with Gasteiger partial charge in [-0.3, -0.25) is 4.90 Å². The largest absolute Gasteiger partial charge is 0.457 e. The van der Waals surface area contributed by atoms with Gasteiger partial charge in [-0.1, -0.05) is 77.7 Å². The summed E-state index contributed by atoms with van der Waals surface area (Å²) < 4.78 is 5.52. The first-order valence-electron chi connectivity index (χ1n) is 10.9. The molecule has 0 amide bonds. The Kier molecular flexibility index (Phi) is 7.64. The van der Waals surface area contributed by atoms with Gasteiger partial charge < -0.3 is 4.74 Å². The summed E-state index contributed by atoms with van der Waals surface area (Å²) in [6.07, 6.45) is 0. The number of nitrogens with zero attached hydrogens (tertiary/aromatic N) is 1. The standard InChI is InChI=1S/C28H33NO2/c1-6-29(18-26-13-20(2)11-21(3)14-26)17-24-7-9-25(10-8-24)19-31-28(30)27-15-22(4)12-23(5)16-27/h7-16H,6,17-19H2,1-5H3. The minimum atomic E-state index is -0.276. The van der Waals surface area contributed by atoms with Gasteiger partial charge in [0.2, 0.25) is 0 Å². The SMILES string of the molecule is CCN(Cc1ccc(COC(=O)c2cc(C)cc(C)c2)cc1)Cc1cc(C)cc(C)c1. The van der Waals surface area contributed by atoms with Crippen LogP contribution in [-0.2, 0) is 24.4 Å². The average molecular weight is 416 g/mol. The van der Waals surface area contributed by atoms with E-state index in [9.17, 15) is 4.79 Å². The number of rotatable bonds is 8. The highest BCUT2D eigenvalue weighted by molar-refractivity contribution is 5.89. The Morgan fingerprint density at radius 2 is 1.19 bits per heavy atom. The first kappa shape index (κ1) is 22.8. The Bertz CT molecular complexity index is 997. The Balaban J connectivity index is 1.56. The molecular weight excluding hydrogens is 382 g/mol. The summed E-state index contributed by atoms with van der Waals surface area (Å²) in [5, 5.41) is 0.